The first-order valence-electron chi connectivity index (χ1n) is 10.2. The number of carbonyl (C=O) groups is 1. The molecule has 1 atom stereocenters. The number of anilines is 1. The van der Waals surface area contributed by atoms with E-state index in [9.17, 15) is 27.6 Å². The third-order valence-electron chi connectivity index (χ3n) is 5.12. The van der Waals surface area contributed by atoms with Gasteiger partial charge in [0.2, 0.25) is 0 Å². The van der Waals surface area contributed by atoms with Crippen molar-refractivity contribution in [3.05, 3.63) is 64.1 Å². The molecule has 0 aliphatic rings. The van der Waals surface area contributed by atoms with Gasteiger partial charge in [-0.25, -0.2) is 13.8 Å². The van der Waals surface area contributed by atoms with Crippen LogP contribution >= 0.6 is 11.6 Å². The SMILES string of the molecule is CCn1c(C)nc(-c2cc(O[C@@H](C)C(F)(F)F)c(C(=O)Nc3c(F)cccc3Cl)cc2F)c1C#N. The molecule has 1 amide bonds. The number of nitrogens with zero attached hydrogens (tertiary/aromatic N) is 3. The number of rotatable bonds is 6. The largest absolute Gasteiger partial charge is 0.480 e. The molecule has 12 heteroatoms. The Morgan fingerprint density at radius 2 is 1.97 bits per heavy atom. The van der Waals surface area contributed by atoms with E-state index in [-0.39, 0.29) is 22.0 Å². The van der Waals surface area contributed by atoms with Gasteiger partial charge in [0.05, 0.1) is 16.3 Å². The van der Waals surface area contributed by atoms with Gasteiger partial charge >= 0.3 is 6.18 Å². The molecule has 0 spiro atoms. The highest BCUT2D eigenvalue weighted by molar-refractivity contribution is 6.34. The van der Waals surface area contributed by atoms with Gasteiger partial charge < -0.3 is 14.6 Å². The summed E-state index contributed by atoms with van der Waals surface area (Å²) in [4.78, 5) is 17.0. The minimum absolute atomic E-state index is 0.0194. The molecule has 0 saturated heterocycles. The highest BCUT2D eigenvalue weighted by atomic mass is 35.5. The molecule has 6 nitrogen and oxygen atoms in total. The summed E-state index contributed by atoms with van der Waals surface area (Å²) in [5.74, 6) is -3.40. The molecule has 1 N–H and O–H groups in total. The summed E-state index contributed by atoms with van der Waals surface area (Å²) in [7, 11) is 0. The molecule has 3 aromatic rings. The first kappa shape index (κ1) is 26.0. The van der Waals surface area contributed by atoms with Crippen LogP contribution in [0.5, 0.6) is 5.75 Å². The molecule has 1 aromatic heterocycles. The molecule has 0 aliphatic heterocycles. The number of alkyl halides is 3. The number of nitriles is 1. The molecule has 0 aliphatic carbocycles. The van der Waals surface area contributed by atoms with E-state index >= 15 is 4.39 Å². The fourth-order valence-electron chi connectivity index (χ4n) is 3.32. The number of ether oxygens (including phenoxy) is 1. The van der Waals surface area contributed by atoms with Gasteiger partial charge in [-0.15, -0.1) is 0 Å². The number of hydrogen-bond donors (Lipinski definition) is 1. The lowest BCUT2D eigenvalue weighted by Gasteiger charge is -2.20. The summed E-state index contributed by atoms with van der Waals surface area (Å²) in [6, 6.07) is 6.97. The van der Waals surface area contributed by atoms with Crippen LogP contribution in [0.4, 0.5) is 27.6 Å². The zero-order chi connectivity index (χ0) is 26.1. The van der Waals surface area contributed by atoms with E-state index < -0.39 is 46.8 Å². The van der Waals surface area contributed by atoms with Crippen molar-refractivity contribution in [1.29, 1.82) is 5.26 Å². The van der Waals surface area contributed by atoms with Crippen molar-refractivity contribution in [2.45, 2.75) is 39.6 Å². The minimum atomic E-state index is -4.81. The number of amides is 1. The molecule has 3 rings (SSSR count). The summed E-state index contributed by atoms with van der Waals surface area (Å²) in [6.07, 6.45) is -7.19. The van der Waals surface area contributed by atoms with E-state index in [4.69, 9.17) is 16.3 Å². The second kappa shape index (κ2) is 9.92. The molecule has 2 aromatic carbocycles. The third kappa shape index (κ3) is 5.22. The first-order chi connectivity index (χ1) is 16.4. The lowest BCUT2D eigenvalue weighted by Crippen LogP contribution is -2.32. The zero-order valence-electron chi connectivity index (χ0n) is 18.6. The number of aromatic nitrogens is 2. The molecule has 0 fully saturated rings. The Kier molecular flexibility index (Phi) is 7.36. The van der Waals surface area contributed by atoms with E-state index in [1.54, 1.807) is 13.8 Å². The van der Waals surface area contributed by atoms with E-state index in [0.29, 0.717) is 25.4 Å². The number of aryl methyl sites for hydroxylation is 1. The predicted molar refractivity (Wildman–Crippen MR) is 118 cm³/mol. The van der Waals surface area contributed by atoms with Crippen LogP contribution in [0.15, 0.2) is 30.3 Å². The molecular formula is C23H18ClF5N4O2. The number of hydrogen-bond acceptors (Lipinski definition) is 4. The van der Waals surface area contributed by atoms with E-state index in [1.807, 2.05) is 6.07 Å². The first-order valence-corrected chi connectivity index (χ1v) is 10.6. The van der Waals surface area contributed by atoms with Crippen LogP contribution in [0.1, 0.15) is 35.7 Å². The fourth-order valence-corrected chi connectivity index (χ4v) is 3.53. The van der Waals surface area contributed by atoms with Crippen molar-refractivity contribution >= 4 is 23.2 Å². The summed E-state index contributed by atoms with van der Waals surface area (Å²) in [5, 5.41) is 11.5. The van der Waals surface area contributed by atoms with Crippen LogP contribution in [0.2, 0.25) is 5.02 Å². The maximum atomic E-state index is 15.2. The van der Waals surface area contributed by atoms with Crippen molar-refractivity contribution in [3.8, 4) is 23.1 Å². The standard InChI is InChI=1S/C23H18ClF5N4O2/c1-4-33-12(3)31-20(18(33)10-30)13-9-19(35-11(2)23(27,28)29)14(8-17(13)26)22(34)32-21-15(24)6-5-7-16(21)25/h5-9,11H,4H2,1-3H3,(H,32,34)/t11-/m0/s1. The second-order valence-corrected chi connectivity index (χ2v) is 7.80. The Balaban J connectivity index is 2.17. The number of para-hydroxylation sites is 1. The molecule has 184 valence electrons. The van der Waals surface area contributed by atoms with E-state index in [0.717, 1.165) is 12.1 Å². The van der Waals surface area contributed by atoms with Gasteiger partial charge in [0, 0.05) is 12.1 Å². The number of halogens is 6. The Bertz CT molecular complexity index is 1310. The Hall–Kier alpha value is -3.65. The van der Waals surface area contributed by atoms with E-state index in [2.05, 4.69) is 10.3 Å². The number of carbonyl (C=O) groups excluding carboxylic acids is 1. The summed E-state index contributed by atoms with van der Waals surface area (Å²) < 4.78 is 75.4. The average Bonchev–Trinajstić information content (AvgIpc) is 3.11. The van der Waals surface area contributed by atoms with Crippen LogP contribution in [0, 0.1) is 29.9 Å². The van der Waals surface area contributed by atoms with Crippen LogP contribution in [-0.4, -0.2) is 27.7 Å². The average molecular weight is 513 g/mol. The van der Waals surface area contributed by atoms with Gasteiger partial charge in [0.1, 0.15) is 40.7 Å². The number of nitrogens with one attached hydrogen (secondary N) is 1. The normalized spacial score (nSPS) is 12.2. The molecule has 1 heterocycles. The highest BCUT2D eigenvalue weighted by Gasteiger charge is 2.39. The zero-order valence-corrected chi connectivity index (χ0v) is 19.4. The third-order valence-corrected chi connectivity index (χ3v) is 5.43. The molecular weight excluding hydrogens is 495 g/mol. The molecule has 0 bridgehead atoms. The molecule has 0 unspecified atom stereocenters. The van der Waals surface area contributed by atoms with Gasteiger partial charge in [-0.1, -0.05) is 17.7 Å². The maximum Gasteiger partial charge on any atom is 0.425 e. The van der Waals surface area contributed by atoms with Crippen molar-refractivity contribution in [1.82, 2.24) is 9.55 Å². The van der Waals surface area contributed by atoms with Gasteiger partial charge in [0.25, 0.3) is 5.91 Å². The monoisotopic (exact) mass is 512 g/mol. The lowest BCUT2D eigenvalue weighted by atomic mass is 10.0. The summed E-state index contributed by atoms with van der Waals surface area (Å²) >= 11 is 5.90. The molecule has 35 heavy (non-hydrogen) atoms. The smallest absolute Gasteiger partial charge is 0.425 e. The Morgan fingerprint density at radius 1 is 1.29 bits per heavy atom. The lowest BCUT2D eigenvalue weighted by molar-refractivity contribution is -0.189. The predicted octanol–water partition coefficient (Wildman–Crippen LogP) is 6.26. The van der Waals surface area contributed by atoms with Gasteiger partial charge in [-0.05, 0) is 45.0 Å². The highest BCUT2D eigenvalue weighted by Crippen LogP contribution is 2.35. The Morgan fingerprint density at radius 3 is 2.54 bits per heavy atom. The van der Waals surface area contributed by atoms with Crippen LogP contribution in [0.3, 0.4) is 0 Å². The van der Waals surface area contributed by atoms with Crippen molar-refractivity contribution in [2.24, 2.45) is 0 Å². The summed E-state index contributed by atoms with van der Waals surface area (Å²) in [5.41, 5.74) is -1.58. The fraction of sp³-hybridized carbons (Fsp3) is 0.261. The van der Waals surface area contributed by atoms with Crippen LogP contribution < -0.4 is 10.1 Å². The van der Waals surface area contributed by atoms with Gasteiger partial charge in [-0.2, -0.15) is 18.4 Å². The summed E-state index contributed by atoms with van der Waals surface area (Å²) in [6.45, 7) is 4.35. The van der Waals surface area contributed by atoms with Crippen molar-refractivity contribution in [3.63, 3.8) is 0 Å². The number of benzene rings is 2. The van der Waals surface area contributed by atoms with Crippen molar-refractivity contribution in [2.75, 3.05) is 5.32 Å². The quantitative estimate of drug-likeness (QED) is 0.395. The van der Waals surface area contributed by atoms with Gasteiger partial charge in [-0.3, -0.25) is 4.79 Å². The second-order valence-electron chi connectivity index (χ2n) is 7.39. The van der Waals surface area contributed by atoms with Crippen LogP contribution in [-0.2, 0) is 6.54 Å². The van der Waals surface area contributed by atoms with Crippen LogP contribution in [0.25, 0.3) is 11.3 Å². The molecule has 0 radical (unpaired) electrons. The van der Waals surface area contributed by atoms with Crippen molar-refractivity contribution < 1.29 is 31.5 Å². The molecule has 0 saturated carbocycles. The Labute approximate surface area is 201 Å². The minimum Gasteiger partial charge on any atom is -0.480 e. The van der Waals surface area contributed by atoms with Gasteiger partial charge in [0.15, 0.2) is 6.10 Å². The maximum absolute atomic E-state index is 15.2. The van der Waals surface area contributed by atoms with E-state index in [1.165, 1.54) is 16.7 Å². The number of imidazole rings is 1. The topological polar surface area (TPSA) is 79.9 Å².